The Labute approximate surface area is 96.7 Å². The van der Waals surface area contributed by atoms with Gasteiger partial charge in [-0.05, 0) is 24.1 Å². The Balaban J connectivity index is 0.00000112. The standard InChI is InChI=1S/C12H15NO.ClH/c1-9-10(11-6-4-8-13-11)5-3-7-12(9)14-2;/h3-7,11,13H,8H2,1-2H3;1H/t11-;/m0./s1. The second-order valence-electron chi connectivity index (χ2n) is 3.49. The molecular weight excluding hydrogens is 210 g/mol. The summed E-state index contributed by atoms with van der Waals surface area (Å²) in [4.78, 5) is 0. The molecule has 1 aromatic rings. The van der Waals surface area contributed by atoms with Crippen molar-refractivity contribution in [3.63, 3.8) is 0 Å². The van der Waals surface area contributed by atoms with Gasteiger partial charge in [-0.15, -0.1) is 12.4 Å². The molecule has 2 nitrogen and oxygen atoms in total. The smallest absolute Gasteiger partial charge is 0.122 e. The Kier molecular flexibility index (Phi) is 4.18. The maximum Gasteiger partial charge on any atom is 0.122 e. The number of methoxy groups -OCH3 is 1. The number of rotatable bonds is 2. The number of nitrogens with one attached hydrogen (secondary N) is 1. The fourth-order valence-corrected chi connectivity index (χ4v) is 1.87. The molecule has 0 spiro atoms. The third-order valence-corrected chi connectivity index (χ3v) is 2.67. The Morgan fingerprint density at radius 1 is 1.40 bits per heavy atom. The highest BCUT2D eigenvalue weighted by Crippen LogP contribution is 2.27. The minimum absolute atomic E-state index is 0. The van der Waals surface area contributed by atoms with Crippen LogP contribution in [0.3, 0.4) is 0 Å². The Bertz CT molecular complexity index is 363. The monoisotopic (exact) mass is 225 g/mol. The van der Waals surface area contributed by atoms with Gasteiger partial charge in [-0.3, -0.25) is 0 Å². The Hall–Kier alpha value is -0.990. The minimum atomic E-state index is 0. The third kappa shape index (κ3) is 2.33. The molecule has 0 saturated carbocycles. The van der Waals surface area contributed by atoms with E-state index in [0.717, 1.165) is 12.3 Å². The SMILES string of the molecule is COc1cccc([C@@H]2C=CCN2)c1C.Cl. The summed E-state index contributed by atoms with van der Waals surface area (Å²) in [5, 5.41) is 3.40. The van der Waals surface area contributed by atoms with E-state index >= 15 is 0 Å². The first kappa shape index (κ1) is 12.1. The van der Waals surface area contributed by atoms with Crippen LogP contribution in [0.2, 0.25) is 0 Å². The lowest BCUT2D eigenvalue weighted by Crippen LogP contribution is -2.15. The van der Waals surface area contributed by atoms with E-state index < -0.39 is 0 Å². The molecule has 0 saturated heterocycles. The molecule has 1 aliphatic heterocycles. The van der Waals surface area contributed by atoms with Crippen LogP contribution < -0.4 is 10.1 Å². The maximum atomic E-state index is 5.29. The summed E-state index contributed by atoms with van der Waals surface area (Å²) in [5.74, 6) is 0.963. The van der Waals surface area contributed by atoms with Crippen molar-refractivity contribution in [2.45, 2.75) is 13.0 Å². The molecule has 0 fully saturated rings. The van der Waals surface area contributed by atoms with E-state index in [9.17, 15) is 0 Å². The van der Waals surface area contributed by atoms with Crippen molar-refractivity contribution in [1.29, 1.82) is 0 Å². The maximum absolute atomic E-state index is 5.29. The minimum Gasteiger partial charge on any atom is -0.496 e. The van der Waals surface area contributed by atoms with Crippen LogP contribution in [-0.4, -0.2) is 13.7 Å². The van der Waals surface area contributed by atoms with Crippen LogP contribution >= 0.6 is 12.4 Å². The fourth-order valence-electron chi connectivity index (χ4n) is 1.87. The summed E-state index contributed by atoms with van der Waals surface area (Å²) in [6.07, 6.45) is 4.35. The first-order chi connectivity index (χ1) is 6.83. The molecular formula is C12H16ClNO. The van der Waals surface area contributed by atoms with Crippen molar-refractivity contribution >= 4 is 12.4 Å². The van der Waals surface area contributed by atoms with Crippen molar-refractivity contribution in [1.82, 2.24) is 5.32 Å². The average molecular weight is 226 g/mol. The molecule has 0 aliphatic carbocycles. The highest BCUT2D eigenvalue weighted by atomic mass is 35.5. The first-order valence-electron chi connectivity index (χ1n) is 4.86. The predicted octanol–water partition coefficient (Wildman–Crippen LogP) is 2.63. The quantitative estimate of drug-likeness (QED) is 0.782. The number of hydrogen-bond acceptors (Lipinski definition) is 2. The molecule has 2 rings (SSSR count). The zero-order valence-electron chi connectivity index (χ0n) is 8.99. The van der Waals surface area contributed by atoms with Crippen molar-refractivity contribution in [2.75, 3.05) is 13.7 Å². The molecule has 1 aliphatic rings. The third-order valence-electron chi connectivity index (χ3n) is 2.67. The van der Waals surface area contributed by atoms with Gasteiger partial charge < -0.3 is 10.1 Å². The highest BCUT2D eigenvalue weighted by molar-refractivity contribution is 5.85. The molecule has 3 heteroatoms. The van der Waals surface area contributed by atoms with Gasteiger partial charge in [0, 0.05) is 6.54 Å². The second kappa shape index (κ2) is 5.19. The molecule has 1 N–H and O–H groups in total. The lowest BCUT2D eigenvalue weighted by atomic mass is 10.0. The predicted molar refractivity (Wildman–Crippen MR) is 64.9 cm³/mol. The van der Waals surface area contributed by atoms with E-state index in [1.54, 1.807) is 7.11 Å². The first-order valence-corrected chi connectivity index (χ1v) is 4.86. The van der Waals surface area contributed by atoms with E-state index in [2.05, 4.69) is 30.5 Å². The topological polar surface area (TPSA) is 21.3 Å². The van der Waals surface area contributed by atoms with Crippen LogP contribution in [0.5, 0.6) is 5.75 Å². The van der Waals surface area contributed by atoms with Crippen molar-refractivity contribution in [3.05, 3.63) is 41.5 Å². The van der Waals surface area contributed by atoms with Crippen LogP contribution in [0, 0.1) is 6.92 Å². The van der Waals surface area contributed by atoms with Crippen LogP contribution in [0.4, 0.5) is 0 Å². The molecule has 1 aromatic carbocycles. The van der Waals surface area contributed by atoms with Gasteiger partial charge in [-0.25, -0.2) is 0 Å². The molecule has 15 heavy (non-hydrogen) atoms. The van der Waals surface area contributed by atoms with E-state index in [4.69, 9.17) is 4.74 Å². The molecule has 0 amide bonds. The van der Waals surface area contributed by atoms with Gasteiger partial charge >= 0.3 is 0 Å². The lowest BCUT2D eigenvalue weighted by molar-refractivity contribution is 0.410. The number of hydrogen-bond donors (Lipinski definition) is 1. The van der Waals surface area contributed by atoms with Crippen LogP contribution in [0.25, 0.3) is 0 Å². The second-order valence-corrected chi connectivity index (χ2v) is 3.49. The molecule has 1 atom stereocenters. The average Bonchev–Trinajstić information content (AvgIpc) is 2.71. The zero-order chi connectivity index (χ0) is 9.97. The summed E-state index contributed by atoms with van der Waals surface area (Å²) in [5.41, 5.74) is 2.53. The van der Waals surface area contributed by atoms with Gasteiger partial charge in [-0.2, -0.15) is 0 Å². The number of halogens is 1. The van der Waals surface area contributed by atoms with Crippen molar-refractivity contribution in [3.8, 4) is 5.75 Å². The van der Waals surface area contributed by atoms with Gasteiger partial charge in [0.15, 0.2) is 0 Å². The van der Waals surface area contributed by atoms with Crippen LogP contribution in [-0.2, 0) is 0 Å². The van der Waals surface area contributed by atoms with Gasteiger partial charge in [-0.1, -0.05) is 24.3 Å². The highest BCUT2D eigenvalue weighted by Gasteiger charge is 2.14. The van der Waals surface area contributed by atoms with E-state index in [1.165, 1.54) is 11.1 Å². The molecule has 0 bridgehead atoms. The van der Waals surface area contributed by atoms with Crippen LogP contribution in [0.15, 0.2) is 30.4 Å². The van der Waals surface area contributed by atoms with Gasteiger partial charge in [0.25, 0.3) is 0 Å². The molecule has 0 radical (unpaired) electrons. The normalized spacial score (nSPS) is 18.7. The molecule has 1 heterocycles. The zero-order valence-corrected chi connectivity index (χ0v) is 9.80. The number of ether oxygens (including phenoxy) is 1. The lowest BCUT2D eigenvalue weighted by Gasteiger charge is -2.15. The van der Waals surface area contributed by atoms with Crippen molar-refractivity contribution in [2.24, 2.45) is 0 Å². The van der Waals surface area contributed by atoms with E-state index in [1.807, 2.05) is 12.1 Å². The summed E-state index contributed by atoms with van der Waals surface area (Å²) in [7, 11) is 1.71. The van der Waals surface area contributed by atoms with Gasteiger partial charge in [0.05, 0.1) is 13.2 Å². The van der Waals surface area contributed by atoms with Gasteiger partial charge in [0.2, 0.25) is 0 Å². The summed E-state index contributed by atoms with van der Waals surface area (Å²) >= 11 is 0. The molecule has 82 valence electrons. The fraction of sp³-hybridized carbons (Fsp3) is 0.333. The Morgan fingerprint density at radius 3 is 2.80 bits per heavy atom. The van der Waals surface area contributed by atoms with Crippen LogP contribution in [0.1, 0.15) is 17.2 Å². The van der Waals surface area contributed by atoms with Crippen molar-refractivity contribution < 1.29 is 4.74 Å². The molecule has 0 aromatic heterocycles. The van der Waals surface area contributed by atoms with E-state index in [0.29, 0.717) is 6.04 Å². The summed E-state index contributed by atoms with van der Waals surface area (Å²) in [6, 6.07) is 6.53. The van der Waals surface area contributed by atoms with E-state index in [-0.39, 0.29) is 12.4 Å². The van der Waals surface area contributed by atoms with Gasteiger partial charge in [0.1, 0.15) is 5.75 Å². The Morgan fingerprint density at radius 2 is 2.20 bits per heavy atom. The molecule has 0 unspecified atom stereocenters. The number of benzene rings is 1. The summed E-state index contributed by atoms with van der Waals surface area (Å²) in [6.45, 7) is 3.06. The largest absolute Gasteiger partial charge is 0.496 e. The summed E-state index contributed by atoms with van der Waals surface area (Å²) < 4.78 is 5.29.